The van der Waals surface area contributed by atoms with E-state index in [4.69, 9.17) is 11.1 Å². The molecule has 20 heavy (non-hydrogen) atoms. The van der Waals surface area contributed by atoms with Gasteiger partial charge in [-0.3, -0.25) is 5.41 Å². The van der Waals surface area contributed by atoms with Crippen LogP contribution in [0.4, 0.5) is 5.82 Å². The van der Waals surface area contributed by atoms with E-state index in [1.807, 2.05) is 12.1 Å². The SMILES string of the molecule is CC(C)CCN(CCC(C)C)c1ncccc1C(=N)N. The smallest absolute Gasteiger partial charge is 0.139 e. The topological polar surface area (TPSA) is 66.0 Å². The van der Waals surface area contributed by atoms with E-state index in [0.717, 1.165) is 37.3 Å². The molecule has 0 unspecified atom stereocenters. The minimum atomic E-state index is 0.0900. The van der Waals surface area contributed by atoms with Crippen LogP contribution in [0, 0.1) is 17.2 Å². The van der Waals surface area contributed by atoms with Gasteiger partial charge in [0, 0.05) is 19.3 Å². The maximum Gasteiger partial charge on any atom is 0.139 e. The maximum atomic E-state index is 7.71. The number of nitrogen functional groups attached to an aromatic ring is 1. The molecule has 0 aromatic carbocycles. The molecule has 0 spiro atoms. The van der Waals surface area contributed by atoms with Crippen molar-refractivity contribution in [3.8, 4) is 0 Å². The van der Waals surface area contributed by atoms with Gasteiger partial charge in [-0.25, -0.2) is 4.98 Å². The van der Waals surface area contributed by atoms with E-state index in [2.05, 4.69) is 37.6 Å². The molecule has 0 fully saturated rings. The lowest BCUT2D eigenvalue weighted by atomic mass is 10.1. The van der Waals surface area contributed by atoms with Crippen molar-refractivity contribution in [2.24, 2.45) is 17.6 Å². The molecule has 0 radical (unpaired) electrons. The molecule has 112 valence electrons. The zero-order chi connectivity index (χ0) is 15.1. The normalized spacial score (nSPS) is 11.1. The summed E-state index contributed by atoms with van der Waals surface area (Å²) in [5.41, 5.74) is 6.42. The molecule has 1 heterocycles. The molecule has 0 aliphatic carbocycles. The fraction of sp³-hybridized carbons (Fsp3) is 0.625. The molecule has 1 rings (SSSR count). The van der Waals surface area contributed by atoms with Crippen molar-refractivity contribution in [2.75, 3.05) is 18.0 Å². The van der Waals surface area contributed by atoms with Crippen molar-refractivity contribution in [3.05, 3.63) is 23.9 Å². The number of nitrogens with zero attached hydrogens (tertiary/aromatic N) is 2. The van der Waals surface area contributed by atoms with Crippen molar-refractivity contribution >= 4 is 11.7 Å². The second-order valence-corrected chi connectivity index (χ2v) is 6.14. The first-order valence-electron chi connectivity index (χ1n) is 7.46. The summed E-state index contributed by atoms with van der Waals surface area (Å²) in [5, 5.41) is 7.71. The number of nitrogens with two attached hydrogens (primary N) is 1. The van der Waals surface area contributed by atoms with Gasteiger partial charge in [-0.05, 0) is 36.8 Å². The fourth-order valence-corrected chi connectivity index (χ4v) is 2.01. The van der Waals surface area contributed by atoms with Crippen molar-refractivity contribution < 1.29 is 0 Å². The van der Waals surface area contributed by atoms with Crippen LogP contribution in [0.2, 0.25) is 0 Å². The van der Waals surface area contributed by atoms with Gasteiger partial charge < -0.3 is 10.6 Å². The van der Waals surface area contributed by atoms with Crippen LogP contribution < -0.4 is 10.6 Å². The van der Waals surface area contributed by atoms with E-state index < -0.39 is 0 Å². The van der Waals surface area contributed by atoms with Crippen LogP contribution in [0.15, 0.2) is 18.3 Å². The summed E-state index contributed by atoms with van der Waals surface area (Å²) in [7, 11) is 0. The van der Waals surface area contributed by atoms with Gasteiger partial charge in [-0.15, -0.1) is 0 Å². The van der Waals surface area contributed by atoms with Gasteiger partial charge in [0.05, 0.1) is 5.56 Å². The van der Waals surface area contributed by atoms with Crippen LogP contribution in [0.1, 0.15) is 46.1 Å². The first kappa shape index (κ1) is 16.5. The van der Waals surface area contributed by atoms with Crippen molar-refractivity contribution in [1.29, 1.82) is 5.41 Å². The standard InChI is InChI=1S/C16H28N4/c1-12(2)7-10-20(11-8-13(3)4)16-14(15(17)18)6-5-9-19-16/h5-6,9,12-13H,7-8,10-11H2,1-4H3,(H3,17,18). The monoisotopic (exact) mass is 276 g/mol. The maximum absolute atomic E-state index is 7.71. The number of aromatic nitrogens is 1. The summed E-state index contributed by atoms with van der Waals surface area (Å²) in [6.07, 6.45) is 4.01. The highest BCUT2D eigenvalue weighted by Gasteiger charge is 2.15. The molecular weight excluding hydrogens is 248 g/mol. The predicted molar refractivity (Wildman–Crippen MR) is 86.4 cm³/mol. The molecule has 0 aliphatic rings. The highest BCUT2D eigenvalue weighted by Crippen LogP contribution is 2.19. The Morgan fingerprint density at radius 2 is 1.75 bits per heavy atom. The fourth-order valence-electron chi connectivity index (χ4n) is 2.01. The van der Waals surface area contributed by atoms with Gasteiger partial charge in [0.1, 0.15) is 11.7 Å². The highest BCUT2D eigenvalue weighted by atomic mass is 15.2. The van der Waals surface area contributed by atoms with E-state index in [0.29, 0.717) is 11.8 Å². The largest absolute Gasteiger partial charge is 0.384 e. The van der Waals surface area contributed by atoms with Gasteiger partial charge in [0.15, 0.2) is 0 Å². The Balaban J connectivity index is 2.93. The number of hydrogen-bond donors (Lipinski definition) is 2. The molecule has 1 aromatic heterocycles. The zero-order valence-corrected chi connectivity index (χ0v) is 13.2. The van der Waals surface area contributed by atoms with Gasteiger partial charge >= 0.3 is 0 Å². The zero-order valence-electron chi connectivity index (χ0n) is 13.2. The quantitative estimate of drug-likeness (QED) is 0.565. The lowest BCUT2D eigenvalue weighted by molar-refractivity contribution is 0.533. The molecule has 0 saturated heterocycles. The third-order valence-corrected chi connectivity index (χ3v) is 3.33. The van der Waals surface area contributed by atoms with Crippen LogP contribution >= 0.6 is 0 Å². The predicted octanol–water partition coefficient (Wildman–Crippen LogP) is 3.26. The second kappa shape index (κ2) is 7.88. The van der Waals surface area contributed by atoms with Crippen molar-refractivity contribution in [1.82, 2.24) is 4.98 Å². The van der Waals surface area contributed by atoms with Gasteiger partial charge in [0.2, 0.25) is 0 Å². The van der Waals surface area contributed by atoms with E-state index in [-0.39, 0.29) is 5.84 Å². The minimum Gasteiger partial charge on any atom is -0.384 e. The first-order chi connectivity index (χ1) is 9.41. The molecule has 0 bridgehead atoms. The van der Waals surface area contributed by atoms with Crippen LogP contribution in [0.25, 0.3) is 0 Å². The molecule has 0 saturated carbocycles. The van der Waals surface area contributed by atoms with Crippen LogP contribution in [-0.4, -0.2) is 23.9 Å². The molecule has 1 aromatic rings. The third-order valence-electron chi connectivity index (χ3n) is 3.33. The number of nitrogens with one attached hydrogen (secondary N) is 1. The summed E-state index contributed by atoms with van der Waals surface area (Å²) in [4.78, 5) is 6.74. The molecule has 3 N–H and O–H groups in total. The van der Waals surface area contributed by atoms with Crippen LogP contribution in [-0.2, 0) is 0 Å². The van der Waals surface area contributed by atoms with E-state index in [9.17, 15) is 0 Å². The Bertz CT molecular complexity index is 414. The molecule has 0 amide bonds. The Kier molecular flexibility index (Phi) is 6.49. The Hall–Kier alpha value is -1.58. The summed E-state index contributed by atoms with van der Waals surface area (Å²) in [5.74, 6) is 2.25. The van der Waals surface area contributed by atoms with Gasteiger partial charge in [-0.2, -0.15) is 0 Å². The highest BCUT2D eigenvalue weighted by molar-refractivity contribution is 5.99. The number of pyridine rings is 1. The molecule has 4 heteroatoms. The van der Waals surface area contributed by atoms with Crippen LogP contribution in [0.5, 0.6) is 0 Å². The number of hydrogen-bond acceptors (Lipinski definition) is 3. The summed E-state index contributed by atoms with van der Waals surface area (Å²) >= 11 is 0. The third kappa shape index (κ3) is 5.19. The molecular formula is C16H28N4. The van der Waals surface area contributed by atoms with Gasteiger partial charge in [0.25, 0.3) is 0 Å². The molecule has 4 nitrogen and oxygen atoms in total. The second-order valence-electron chi connectivity index (χ2n) is 6.14. The molecule has 0 aliphatic heterocycles. The Morgan fingerprint density at radius 3 is 2.20 bits per heavy atom. The number of rotatable bonds is 8. The first-order valence-corrected chi connectivity index (χ1v) is 7.46. The van der Waals surface area contributed by atoms with E-state index in [1.54, 1.807) is 6.20 Å². The summed E-state index contributed by atoms with van der Waals surface area (Å²) in [6.45, 7) is 10.8. The summed E-state index contributed by atoms with van der Waals surface area (Å²) < 4.78 is 0. The van der Waals surface area contributed by atoms with Crippen molar-refractivity contribution in [3.63, 3.8) is 0 Å². The average Bonchev–Trinajstić information content (AvgIpc) is 2.38. The number of amidine groups is 1. The van der Waals surface area contributed by atoms with Gasteiger partial charge in [-0.1, -0.05) is 27.7 Å². The Morgan fingerprint density at radius 1 is 1.20 bits per heavy atom. The minimum absolute atomic E-state index is 0.0900. The van der Waals surface area contributed by atoms with Crippen LogP contribution in [0.3, 0.4) is 0 Å². The van der Waals surface area contributed by atoms with Crippen molar-refractivity contribution in [2.45, 2.75) is 40.5 Å². The Labute approximate surface area is 122 Å². The number of anilines is 1. The van der Waals surface area contributed by atoms with E-state index in [1.165, 1.54) is 0 Å². The lowest BCUT2D eigenvalue weighted by Crippen LogP contribution is -2.31. The average molecular weight is 276 g/mol. The van der Waals surface area contributed by atoms with E-state index >= 15 is 0 Å². The molecule has 0 atom stereocenters. The lowest BCUT2D eigenvalue weighted by Gasteiger charge is -2.27. The summed E-state index contributed by atoms with van der Waals surface area (Å²) in [6, 6.07) is 3.71.